The lowest BCUT2D eigenvalue weighted by Gasteiger charge is -2.11. The van der Waals surface area contributed by atoms with Crippen molar-refractivity contribution in [2.75, 3.05) is 17.6 Å². The van der Waals surface area contributed by atoms with Gasteiger partial charge in [0.1, 0.15) is 0 Å². The standard InChI is InChI=1S/C12H14N2O2S/c13-8-10-3-1-4-11(7-10)14-9-12-5-2-6-17(12,15)16/h1,3-4,7,12,14H,2,5-6,9H2. The van der Waals surface area contributed by atoms with Crippen LogP contribution in [0.1, 0.15) is 18.4 Å². The van der Waals surface area contributed by atoms with Gasteiger partial charge >= 0.3 is 0 Å². The highest BCUT2D eigenvalue weighted by Gasteiger charge is 2.30. The molecule has 4 nitrogen and oxygen atoms in total. The van der Waals surface area contributed by atoms with Crippen molar-refractivity contribution < 1.29 is 8.42 Å². The minimum Gasteiger partial charge on any atom is -0.384 e. The fraction of sp³-hybridized carbons (Fsp3) is 0.417. The predicted octanol–water partition coefficient (Wildman–Crippen LogP) is 1.55. The van der Waals surface area contributed by atoms with Gasteiger partial charge in [0.15, 0.2) is 9.84 Å². The van der Waals surface area contributed by atoms with Gasteiger partial charge in [0.05, 0.1) is 22.6 Å². The molecule has 0 radical (unpaired) electrons. The Morgan fingerprint density at radius 3 is 2.94 bits per heavy atom. The fourth-order valence-electron chi connectivity index (χ4n) is 2.02. The largest absolute Gasteiger partial charge is 0.384 e. The van der Waals surface area contributed by atoms with E-state index in [9.17, 15) is 8.42 Å². The highest BCUT2D eigenvalue weighted by molar-refractivity contribution is 7.92. The number of nitrogens with zero attached hydrogens (tertiary/aromatic N) is 1. The number of anilines is 1. The lowest BCUT2D eigenvalue weighted by Crippen LogP contribution is -2.25. The molecule has 0 saturated carbocycles. The minimum atomic E-state index is -2.90. The van der Waals surface area contributed by atoms with Crippen molar-refractivity contribution in [1.82, 2.24) is 0 Å². The van der Waals surface area contributed by atoms with Crippen molar-refractivity contribution >= 4 is 15.5 Å². The Morgan fingerprint density at radius 1 is 1.47 bits per heavy atom. The smallest absolute Gasteiger partial charge is 0.154 e. The summed E-state index contributed by atoms with van der Waals surface area (Å²) in [6.07, 6.45) is 1.49. The van der Waals surface area contributed by atoms with Crippen LogP contribution >= 0.6 is 0 Å². The van der Waals surface area contributed by atoms with Crippen molar-refractivity contribution in [3.05, 3.63) is 29.8 Å². The van der Waals surface area contributed by atoms with E-state index in [1.807, 2.05) is 6.07 Å². The molecule has 1 unspecified atom stereocenters. The molecule has 0 bridgehead atoms. The molecule has 5 heteroatoms. The summed E-state index contributed by atoms with van der Waals surface area (Å²) < 4.78 is 23.2. The second-order valence-corrected chi connectivity index (χ2v) is 6.61. The molecule has 1 aliphatic rings. The van der Waals surface area contributed by atoms with Crippen LogP contribution in [0.4, 0.5) is 5.69 Å². The maximum Gasteiger partial charge on any atom is 0.154 e. The van der Waals surface area contributed by atoms with E-state index in [1.165, 1.54) is 0 Å². The van der Waals surface area contributed by atoms with E-state index in [0.29, 0.717) is 17.9 Å². The van der Waals surface area contributed by atoms with Gasteiger partial charge in [-0.15, -0.1) is 0 Å². The Morgan fingerprint density at radius 2 is 2.29 bits per heavy atom. The first kappa shape index (κ1) is 11.9. The van der Waals surface area contributed by atoms with Crippen LogP contribution in [0.15, 0.2) is 24.3 Å². The molecule has 1 aromatic carbocycles. The molecule has 17 heavy (non-hydrogen) atoms. The molecular weight excluding hydrogens is 236 g/mol. The third-order valence-electron chi connectivity index (χ3n) is 2.99. The molecule has 0 aliphatic carbocycles. The van der Waals surface area contributed by atoms with Crippen molar-refractivity contribution in [1.29, 1.82) is 5.26 Å². The molecular formula is C12H14N2O2S. The van der Waals surface area contributed by atoms with Gasteiger partial charge in [-0.3, -0.25) is 0 Å². The maximum absolute atomic E-state index is 11.6. The predicted molar refractivity (Wildman–Crippen MR) is 66.5 cm³/mol. The third kappa shape index (κ3) is 2.77. The Kier molecular flexibility index (Phi) is 3.34. The minimum absolute atomic E-state index is 0.284. The van der Waals surface area contributed by atoms with Gasteiger partial charge < -0.3 is 5.32 Å². The molecule has 0 amide bonds. The fourth-order valence-corrected chi connectivity index (χ4v) is 3.78. The normalized spacial score (nSPS) is 21.9. The third-order valence-corrected chi connectivity index (χ3v) is 5.26. The molecule has 2 rings (SSSR count). The summed E-state index contributed by atoms with van der Waals surface area (Å²) in [4.78, 5) is 0. The number of rotatable bonds is 3. The number of hydrogen-bond donors (Lipinski definition) is 1. The highest BCUT2D eigenvalue weighted by Crippen LogP contribution is 2.20. The lowest BCUT2D eigenvalue weighted by atomic mass is 10.2. The molecule has 1 fully saturated rings. The molecule has 0 spiro atoms. The van der Waals surface area contributed by atoms with Crippen molar-refractivity contribution in [3.8, 4) is 6.07 Å². The Labute approximate surface area is 101 Å². The summed E-state index contributed by atoms with van der Waals surface area (Å²) in [5.41, 5.74) is 1.37. The van der Waals surface area contributed by atoms with Crippen LogP contribution < -0.4 is 5.32 Å². The Bertz CT molecular complexity index is 546. The number of hydrogen-bond acceptors (Lipinski definition) is 4. The van der Waals surface area contributed by atoms with E-state index in [2.05, 4.69) is 11.4 Å². The molecule has 1 aliphatic heterocycles. The van der Waals surface area contributed by atoms with E-state index in [4.69, 9.17) is 5.26 Å². The zero-order valence-corrected chi connectivity index (χ0v) is 10.2. The first-order valence-corrected chi connectivity index (χ1v) is 7.29. The van der Waals surface area contributed by atoms with Crippen LogP contribution in [-0.4, -0.2) is 26.0 Å². The van der Waals surface area contributed by atoms with E-state index in [0.717, 1.165) is 18.5 Å². The number of sulfone groups is 1. The summed E-state index contributed by atoms with van der Waals surface area (Å²) in [6, 6.07) is 9.11. The monoisotopic (exact) mass is 250 g/mol. The van der Waals surface area contributed by atoms with Crippen LogP contribution in [0.5, 0.6) is 0 Å². The van der Waals surface area contributed by atoms with Gasteiger partial charge in [0, 0.05) is 12.2 Å². The van der Waals surface area contributed by atoms with Crippen LogP contribution in [0, 0.1) is 11.3 Å². The summed E-state index contributed by atoms with van der Waals surface area (Å²) in [6.45, 7) is 0.428. The van der Waals surface area contributed by atoms with E-state index in [-0.39, 0.29) is 5.25 Å². The van der Waals surface area contributed by atoms with Crippen LogP contribution in [-0.2, 0) is 9.84 Å². The average Bonchev–Trinajstić information content (AvgIpc) is 2.66. The van der Waals surface area contributed by atoms with E-state index < -0.39 is 9.84 Å². The van der Waals surface area contributed by atoms with E-state index >= 15 is 0 Å². The maximum atomic E-state index is 11.6. The van der Waals surface area contributed by atoms with Gasteiger partial charge in [0.2, 0.25) is 0 Å². The summed E-state index contributed by atoms with van der Waals surface area (Å²) in [5.74, 6) is 0.303. The van der Waals surface area contributed by atoms with Crippen molar-refractivity contribution in [2.24, 2.45) is 0 Å². The molecule has 0 aromatic heterocycles. The van der Waals surface area contributed by atoms with Gasteiger partial charge in [-0.25, -0.2) is 8.42 Å². The topological polar surface area (TPSA) is 70.0 Å². The van der Waals surface area contributed by atoms with Crippen LogP contribution in [0.25, 0.3) is 0 Å². The average molecular weight is 250 g/mol. The van der Waals surface area contributed by atoms with Gasteiger partial charge in [-0.05, 0) is 31.0 Å². The van der Waals surface area contributed by atoms with Gasteiger partial charge in [0.25, 0.3) is 0 Å². The first-order chi connectivity index (χ1) is 8.12. The molecule has 1 saturated heterocycles. The molecule has 1 heterocycles. The number of nitrogens with one attached hydrogen (secondary N) is 1. The SMILES string of the molecule is N#Cc1cccc(NCC2CCCS2(=O)=O)c1. The van der Waals surface area contributed by atoms with Crippen molar-refractivity contribution in [2.45, 2.75) is 18.1 Å². The summed E-state index contributed by atoms with van der Waals surface area (Å²) >= 11 is 0. The quantitative estimate of drug-likeness (QED) is 0.883. The summed E-state index contributed by atoms with van der Waals surface area (Å²) in [5, 5.41) is 11.6. The number of benzene rings is 1. The summed E-state index contributed by atoms with van der Waals surface area (Å²) in [7, 11) is -2.90. The first-order valence-electron chi connectivity index (χ1n) is 5.57. The molecule has 1 N–H and O–H groups in total. The van der Waals surface area contributed by atoms with Crippen LogP contribution in [0.2, 0.25) is 0 Å². The molecule has 1 atom stereocenters. The van der Waals surface area contributed by atoms with E-state index in [1.54, 1.807) is 18.2 Å². The molecule has 90 valence electrons. The highest BCUT2D eigenvalue weighted by atomic mass is 32.2. The van der Waals surface area contributed by atoms with Gasteiger partial charge in [-0.2, -0.15) is 5.26 Å². The zero-order chi connectivity index (χ0) is 12.3. The van der Waals surface area contributed by atoms with Crippen LogP contribution in [0.3, 0.4) is 0 Å². The molecule has 1 aromatic rings. The zero-order valence-electron chi connectivity index (χ0n) is 9.39. The lowest BCUT2D eigenvalue weighted by molar-refractivity contribution is 0.591. The second-order valence-electron chi connectivity index (χ2n) is 4.20. The Balaban J connectivity index is 2.01. The number of nitriles is 1. The Hall–Kier alpha value is -1.54. The van der Waals surface area contributed by atoms with Gasteiger partial charge in [-0.1, -0.05) is 6.07 Å². The second kappa shape index (κ2) is 4.76. The van der Waals surface area contributed by atoms with Crippen molar-refractivity contribution in [3.63, 3.8) is 0 Å².